The summed E-state index contributed by atoms with van der Waals surface area (Å²) < 4.78 is 0. The summed E-state index contributed by atoms with van der Waals surface area (Å²) >= 11 is 0. The number of aromatic hydroxyl groups is 1. The quantitative estimate of drug-likeness (QED) is 0.339. The van der Waals surface area contributed by atoms with Crippen LogP contribution in [-0.2, 0) is 0 Å². The van der Waals surface area contributed by atoms with Crippen LogP contribution in [0.5, 0.6) is 5.75 Å². The number of fused-ring (bicyclic) bond motifs is 1. The Morgan fingerprint density at radius 3 is 2.03 bits per heavy atom. The molecule has 0 fully saturated rings. The van der Waals surface area contributed by atoms with E-state index < -0.39 is 6.10 Å². The van der Waals surface area contributed by atoms with E-state index in [0.29, 0.717) is 5.56 Å². The first kappa shape index (κ1) is 16.3. The molecule has 2 heteroatoms. The molecule has 6 aromatic carbocycles. The fraction of sp³-hybridized carbons (Fsp3) is 0.0370. The lowest BCUT2D eigenvalue weighted by molar-refractivity contribution is 0.216. The van der Waals surface area contributed by atoms with Gasteiger partial charge in [0.15, 0.2) is 0 Å². The molecule has 0 aliphatic heterocycles. The van der Waals surface area contributed by atoms with Gasteiger partial charge >= 0.3 is 0 Å². The van der Waals surface area contributed by atoms with Crippen molar-refractivity contribution < 1.29 is 10.2 Å². The van der Waals surface area contributed by atoms with Gasteiger partial charge in [-0.3, -0.25) is 0 Å². The maximum absolute atomic E-state index is 11.2. The molecule has 29 heavy (non-hydrogen) atoms. The summed E-state index contributed by atoms with van der Waals surface area (Å²) in [5.41, 5.74) is 1.30. The maximum atomic E-state index is 11.2. The average Bonchev–Trinajstić information content (AvgIpc) is 2.77. The minimum atomic E-state index is -0.901. The number of benzene rings is 6. The summed E-state index contributed by atoms with van der Waals surface area (Å²) in [5, 5.41) is 30.8. The molecular formula is C27H18O2. The third-order valence-electron chi connectivity index (χ3n) is 6.03. The van der Waals surface area contributed by atoms with Gasteiger partial charge in [0.25, 0.3) is 0 Å². The number of hydrogen-bond donors (Lipinski definition) is 2. The average molecular weight is 374 g/mol. The highest BCUT2D eigenvalue weighted by Crippen LogP contribution is 2.43. The van der Waals surface area contributed by atoms with Crippen molar-refractivity contribution in [2.75, 3.05) is 0 Å². The monoisotopic (exact) mass is 374 g/mol. The Hall–Kier alpha value is -3.62. The number of aliphatic hydroxyl groups excluding tert-OH is 1. The predicted octanol–water partition coefficient (Wildman–Crippen LogP) is 6.52. The first-order chi connectivity index (χ1) is 14.2. The normalized spacial score (nSPS) is 13.0. The van der Waals surface area contributed by atoms with E-state index in [0.717, 1.165) is 48.7 Å². The zero-order valence-corrected chi connectivity index (χ0v) is 15.6. The van der Waals surface area contributed by atoms with Crippen LogP contribution in [0.1, 0.15) is 17.2 Å². The molecule has 1 atom stereocenters. The third kappa shape index (κ3) is 2.33. The summed E-state index contributed by atoms with van der Waals surface area (Å²) in [4.78, 5) is 0. The zero-order valence-electron chi connectivity index (χ0n) is 15.6. The minimum Gasteiger partial charge on any atom is -0.507 e. The topological polar surface area (TPSA) is 40.5 Å². The lowest BCUT2D eigenvalue weighted by Gasteiger charge is -2.18. The SMILES string of the molecule is Oc1c(C(O)c2ccc3ccccc3c2)cc2ccc3cccc4ccc1c2c34. The van der Waals surface area contributed by atoms with Gasteiger partial charge in [-0.2, -0.15) is 0 Å². The van der Waals surface area contributed by atoms with E-state index in [2.05, 4.69) is 36.4 Å². The fourth-order valence-corrected chi connectivity index (χ4v) is 4.58. The van der Waals surface area contributed by atoms with Crippen molar-refractivity contribution in [3.05, 3.63) is 102 Å². The Kier molecular flexibility index (Phi) is 3.35. The molecule has 0 amide bonds. The van der Waals surface area contributed by atoms with Crippen LogP contribution in [0.15, 0.2) is 91.0 Å². The molecule has 0 saturated heterocycles. The molecule has 0 spiro atoms. The van der Waals surface area contributed by atoms with Crippen molar-refractivity contribution in [1.29, 1.82) is 0 Å². The van der Waals surface area contributed by atoms with Crippen LogP contribution in [0.25, 0.3) is 43.1 Å². The minimum absolute atomic E-state index is 0.149. The van der Waals surface area contributed by atoms with E-state index in [4.69, 9.17) is 0 Å². The number of aliphatic hydroxyl groups is 1. The van der Waals surface area contributed by atoms with E-state index in [1.807, 2.05) is 54.6 Å². The summed E-state index contributed by atoms with van der Waals surface area (Å²) in [5.74, 6) is 0.149. The summed E-state index contributed by atoms with van der Waals surface area (Å²) in [7, 11) is 0. The van der Waals surface area contributed by atoms with Crippen molar-refractivity contribution in [1.82, 2.24) is 0 Å². The van der Waals surface area contributed by atoms with Crippen LogP contribution >= 0.6 is 0 Å². The molecule has 0 aliphatic carbocycles. The van der Waals surface area contributed by atoms with Crippen LogP contribution in [0.2, 0.25) is 0 Å². The molecule has 6 rings (SSSR count). The summed E-state index contributed by atoms with van der Waals surface area (Å²) in [6, 6.07) is 30.3. The van der Waals surface area contributed by atoms with Crippen molar-refractivity contribution in [2.45, 2.75) is 6.10 Å². The molecule has 0 heterocycles. The van der Waals surface area contributed by atoms with Crippen LogP contribution in [0.4, 0.5) is 0 Å². The smallest absolute Gasteiger partial charge is 0.129 e. The van der Waals surface area contributed by atoms with Crippen LogP contribution < -0.4 is 0 Å². The molecule has 6 aromatic rings. The first-order valence-corrected chi connectivity index (χ1v) is 9.77. The number of rotatable bonds is 2. The van der Waals surface area contributed by atoms with Gasteiger partial charge in [-0.25, -0.2) is 0 Å². The highest BCUT2D eigenvalue weighted by Gasteiger charge is 2.20. The second-order valence-electron chi connectivity index (χ2n) is 7.68. The van der Waals surface area contributed by atoms with Gasteiger partial charge in [-0.15, -0.1) is 0 Å². The first-order valence-electron chi connectivity index (χ1n) is 9.77. The van der Waals surface area contributed by atoms with E-state index in [1.54, 1.807) is 0 Å². The Morgan fingerprint density at radius 2 is 1.21 bits per heavy atom. The van der Waals surface area contributed by atoms with E-state index >= 15 is 0 Å². The molecule has 0 aliphatic rings. The predicted molar refractivity (Wildman–Crippen MR) is 120 cm³/mol. The second-order valence-corrected chi connectivity index (χ2v) is 7.68. The summed E-state index contributed by atoms with van der Waals surface area (Å²) in [6.07, 6.45) is -0.901. The Balaban J connectivity index is 1.61. The van der Waals surface area contributed by atoms with Crippen molar-refractivity contribution in [3.8, 4) is 5.75 Å². The zero-order chi connectivity index (χ0) is 19.5. The number of phenols is 1. The molecule has 2 nitrogen and oxygen atoms in total. The van der Waals surface area contributed by atoms with Crippen LogP contribution in [-0.4, -0.2) is 10.2 Å². The highest BCUT2D eigenvalue weighted by atomic mass is 16.3. The van der Waals surface area contributed by atoms with Crippen molar-refractivity contribution in [3.63, 3.8) is 0 Å². The molecule has 0 aromatic heterocycles. The number of hydrogen-bond acceptors (Lipinski definition) is 2. The highest BCUT2D eigenvalue weighted by molar-refractivity contribution is 6.24. The molecule has 0 radical (unpaired) electrons. The Bertz CT molecular complexity index is 1510. The van der Waals surface area contributed by atoms with Crippen LogP contribution in [0.3, 0.4) is 0 Å². The lowest BCUT2D eigenvalue weighted by atomic mass is 9.89. The van der Waals surface area contributed by atoms with Gasteiger partial charge < -0.3 is 10.2 Å². The Morgan fingerprint density at radius 1 is 0.552 bits per heavy atom. The molecule has 138 valence electrons. The van der Waals surface area contributed by atoms with Crippen molar-refractivity contribution >= 4 is 43.1 Å². The van der Waals surface area contributed by atoms with Gasteiger partial charge in [0.2, 0.25) is 0 Å². The van der Waals surface area contributed by atoms with Gasteiger partial charge in [-0.1, -0.05) is 72.8 Å². The third-order valence-corrected chi connectivity index (χ3v) is 6.03. The van der Waals surface area contributed by atoms with Crippen molar-refractivity contribution in [2.24, 2.45) is 0 Å². The summed E-state index contributed by atoms with van der Waals surface area (Å²) in [6.45, 7) is 0. The van der Waals surface area contributed by atoms with E-state index in [9.17, 15) is 10.2 Å². The molecule has 0 saturated carbocycles. The van der Waals surface area contributed by atoms with E-state index in [-0.39, 0.29) is 5.75 Å². The Labute approximate surface area is 167 Å². The number of phenolic OH excluding ortho intramolecular Hbond substituents is 1. The van der Waals surface area contributed by atoms with Gasteiger partial charge in [-0.05, 0) is 56.1 Å². The molecule has 2 N–H and O–H groups in total. The lowest BCUT2D eigenvalue weighted by Crippen LogP contribution is -2.01. The van der Waals surface area contributed by atoms with Gasteiger partial charge in [0.05, 0.1) is 0 Å². The largest absolute Gasteiger partial charge is 0.507 e. The van der Waals surface area contributed by atoms with Crippen LogP contribution in [0, 0.1) is 0 Å². The molecule has 0 bridgehead atoms. The fourth-order valence-electron chi connectivity index (χ4n) is 4.58. The maximum Gasteiger partial charge on any atom is 0.129 e. The van der Waals surface area contributed by atoms with Gasteiger partial charge in [0.1, 0.15) is 11.9 Å². The standard InChI is InChI=1S/C27H18O2/c28-26(21-11-8-16-4-1-2-5-19(16)14-21)23-15-20-10-9-17-6-3-7-18-12-13-22(27(23)29)25(20)24(17)18/h1-15,26,28-29H. The molecular weight excluding hydrogens is 356 g/mol. The second kappa shape index (κ2) is 5.94. The van der Waals surface area contributed by atoms with E-state index in [1.165, 1.54) is 0 Å². The molecule has 1 unspecified atom stereocenters. The van der Waals surface area contributed by atoms with Gasteiger partial charge in [0, 0.05) is 16.3 Å².